The van der Waals surface area contributed by atoms with E-state index in [0.29, 0.717) is 11.3 Å². The van der Waals surface area contributed by atoms with E-state index in [9.17, 15) is 19.2 Å². The third-order valence-corrected chi connectivity index (χ3v) is 6.42. The van der Waals surface area contributed by atoms with Crippen molar-refractivity contribution in [3.63, 3.8) is 0 Å². The number of hydrogen-bond acceptors (Lipinski definition) is 6. The number of ether oxygens (including phenoxy) is 1. The van der Waals surface area contributed by atoms with Crippen LogP contribution in [0.3, 0.4) is 0 Å². The largest absolute Gasteiger partial charge is 0.462 e. The van der Waals surface area contributed by atoms with Gasteiger partial charge in [0.05, 0.1) is 37.2 Å². The molecule has 3 aromatic rings. The normalized spacial score (nSPS) is 15.4. The van der Waals surface area contributed by atoms with E-state index in [1.54, 1.807) is 19.1 Å². The molecule has 0 spiro atoms. The molecule has 1 unspecified atom stereocenters. The fourth-order valence-electron chi connectivity index (χ4n) is 3.91. The summed E-state index contributed by atoms with van der Waals surface area (Å²) in [4.78, 5) is 55.0. The fraction of sp³-hybridized carbons (Fsp3) is 0.231. The summed E-state index contributed by atoms with van der Waals surface area (Å²) in [5.41, 5.74) is 1.53. The maximum absolute atomic E-state index is 13.4. The average Bonchev–Trinajstić information content (AvgIpc) is 3.45. The number of esters is 1. The van der Waals surface area contributed by atoms with Crippen LogP contribution in [-0.4, -0.2) is 41.2 Å². The number of thiophene rings is 1. The molecule has 0 saturated carbocycles. The van der Waals surface area contributed by atoms with Crippen molar-refractivity contribution in [1.82, 2.24) is 4.90 Å². The number of benzene rings is 2. The highest BCUT2D eigenvalue weighted by atomic mass is 32.1. The number of nitrogens with zero attached hydrogens (tertiary/aromatic N) is 2. The van der Waals surface area contributed by atoms with Crippen molar-refractivity contribution in [3.8, 4) is 0 Å². The van der Waals surface area contributed by atoms with Crippen LogP contribution in [0.15, 0.2) is 72.1 Å². The molecule has 0 N–H and O–H groups in total. The lowest BCUT2D eigenvalue weighted by atomic mass is 10.1. The van der Waals surface area contributed by atoms with Crippen LogP contribution in [0.2, 0.25) is 0 Å². The predicted molar refractivity (Wildman–Crippen MR) is 128 cm³/mol. The van der Waals surface area contributed by atoms with Crippen molar-refractivity contribution < 1.29 is 23.9 Å². The zero-order chi connectivity index (χ0) is 24.1. The minimum absolute atomic E-state index is 0.0929. The number of anilines is 1. The van der Waals surface area contributed by atoms with Gasteiger partial charge in [0.25, 0.3) is 5.91 Å². The van der Waals surface area contributed by atoms with Gasteiger partial charge in [-0.05, 0) is 48.2 Å². The number of carbonyl (C=O) groups excluding carboxylic acids is 4. The van der Waals surface area contributed by atoms with E-state index in [-0.39, 0.29) is 37.8 Å². The molecule has 2 aromatic carbocycles. The summed E-state index contributed by atoms with van der Waals surface area (Å²) in [6.45, 7) is 2.22. The quantitative estimate of drug-likeness (QED) is 0.365. The van der Waals surface area contributed by atoms with E-state index in [0.717, 1.165) is 15.3 Å². The third-order valence-electron chi connectivity index (χ3n) is 5.56. The molecule has 174 valence electrons. The number of hydrogen-bond donors (Lipinski definition) is 0. The van der Waals surface area contributed by atoms with E-state index in [1.165, 1.54) is 28.4 Å². The van der Waals surface area contributed by atoms with E-state index in [1.807, 2.05) is 47.8 Å². The maximum atomic E-state index is 13.4. The summed E-state index contributed by atoms with van der Waals surface area (Å²) < 4.78 is 4.98. The van der Waals surface area contributed by atoms with Crippen LogP contribution in [-0.2, 0) is 32.1 Å². The van der Waals surface area contributed by atoms with Crippen LogP contribution in [0.1, 0.15) is 34.1 Å². The SMILES string of the molecule is CCOC(=O)c1ccc(N2C(=O)CC(N(Cc3cccs3)C(=O)Cc3ccccc3)C2=O)cc1. The Bertz CT molecular complexity index is 1180. The number of imide groups is 1. The van der Waals surface area contributed by atoms with Gasteiger partial charge >= 0.3 is 5.97 Å². The molecule has 0 radical (unpaired) electrons. The Morgan fingerprint density at radius 3 is 2.41 bits per heavy atom. The molecular weight excluding hydrogens is 452 g/mol. The van der Waals surface area contributed by atoms with Gasteiger partial charge in [-0.1, -0.05) is 36.4 Å². The van der Waals surface area contributed by atoms with Crippen LogP contribution in [0.5, 0.6) is 0 Å². The Morgan fingerprint density at radius 2 is 1.76 bits per heavy atom. The molecule has 1 aliphatic heterocycles. The predicted octanol–water partition coefficient (Wildman–Crippen LogP) is 3.83. The summed E-state index contributed by atoms with van der Waals surface area (Å²) in [7, 11) is 0. The summed E-state index contributed by atoms with van der Waals surface area (Å²) in [5.74, 6) is -1.53. The molecule has 1 atom stereocenters. The second-order valence-electron chi connectivity index (χ2n) is 7.82. The summed E-state index contributed by atoms with van der Waals surface area (Å²) in [6.07, 6.45) is 0.0444. The first-order chi connectivity index (χ1) is 16.5. The van der Waals surface area contributed by atoms with E-state index >= 15 is 0 Å². The Morgan fingerprint density at radius 1 is 1.03 bits per heavy atom. The second kappa shape index (κ2) is 10.4. The number of rotatable bonds is 8. The van der Waals surface area contributed by atoms with Crippen LogP contribution in [0, 0.1) is 0 Å². The zero-order valence-electron chi connectivity index (χ0n) is 18.7. The van der Waals surface area contributed by atoms with Gasteiger partial charge in [-0.2, -0.15) is 0 Å². The molecule has 34 heavy (non-hydrogen) atoms. The lowest BCUT2D eigenvalue weighted by Gasteiger charge is -2.27. The molecule has 1 aliphatic rings. The minimum atomic E-state index is -0.893. The van der Waals surface area contributed by atoms with Crippen molar-refractivity contribution in [2.45, 2.75) is 32.4 Å². The lowest BCUT2D eigenvalue weighted by Crippen LogP contribution is -2.45. The van der Waals surface area contributed by atoms with Gasteiger partial charge in [-0.15, -0.1) is 11.3 Å². The highest BCUT2D eigenvalue weighted by Gasteiger charge is 2.44. The standard InChI is InChI=1S/C26H24N2O5S/c1-2-33-26(32)19-10-12-20(13-11-19)28-24(30)16-22(25(28)31)27(17-21-9-6-14-34-21)23(29)15-18-7-4-3-5-8-18/h3-14,22H,2,15-17H2,1H3. The van der Waals surface area contributed by atoms with Crippen LogP contribution in [0.25, 0.3) is 0 Å². The molecule has 1 aromatic heterocycles. The van der Waals surface area contributed by atoms with Gasteiger partial charge in [0.15, 0.2) is 0 Å². The van der Waals surface area contributed by atoms with E-state index in [4.69, 9.17) is 4.74 Å². The van der Waals surface area contributed by atoms with E-state index in [2.05, 4.69) is 0 Å². The summed E-state index contributed by atoms with van der Waals surface area (Å²) in [5, 5.41) is 1.91. The average molecular weight is 477 g/mol. The van der Waals surface area contributed by atoms with Crippen molar-refractivity contribution in [2.24, 2.45) is 0 Å². The molecule has 1 fully saturated rings. The third kappa shape index (κ3) is 5.07. The highest BCUT2D eigenvalue weighted by Crippen LogP contribution is 2.28. The monoisotopic (exact) mass is 476 g/mol. The number of carbonyl (C=O) groups is 4. The highest BCUT2D eigenvalue weighted by molar-refractivity contribution is 7.09. The van der Waals surface area contributed by atoms with Crippen molar-refractivity contribution >= 4 is 40.7 Å². The van der Waals surface area contributed by atoms with Gasteiger partial charge in [0.2, 0.25) is 11.8 Å². The van der Waals surface area contributed by atoms with Crippen molar-refractivity contribution in [2.75, 3.05) is 11.5 Å². The minimum Gasteiger partial charge on any atom is -0.462 e. The summed E-state index contributed by atoms with van der Waals surface area (Å²) in [6, 6.07) is 18.3. The van der Waals surface area contributed by atoms with Crippen molar-refractivity contribution in [3.05, 3.63) is 88.1 Å². The smallest absolute Gasteiger partial charge is 0.338 e. The van der Waals surface area contributed by atoms with Crippen LogP contribution >= 0.6 is 11.3 Å². The Hall–Kier alpha value is -3.78. The van der Waals surface area contributed by atoms with Gasteiger partial charge < -0.3 is 9.64 Å². The molecule has 1 saturated heterocycles. The molecule has 4 rings (SSSR count). The first kappa shape index (κ1) is 23.4. The lowest BCUT2D eigenvalue weighted by molar-refractivity contribution is -0.138. The Balaban J connectivity index is 1.57. The van der Waals surface area contributed by atoms with Gasteiger partial charge in [0, 0.05) is 4.88 Å². The summed E-state index contributed by atoms with van der Waals surface area (Å²) >= 11 is 1.49. The molecular formula is C26H24N2O5S. The molecule has 0 bridgehead atoms. The number of amides is 3. The first-order valence-corrected chi connectivity index (χ1v) is 11.9. The second-order valence-corrected chi connectivity index (χ2v) is 8.85. The Labute approximate surface area is 201 Å². The van der Waals surface area contributed by atoms with E-state index < -0.39 is 17.9 Å². The molecule has 7 nitrogen and oxygen atoms in total. The van der Waals surface area contributed by atoms with Gasteiger partial charge in [0.1, 0.15) is 6.04 Å². The fourth-order valence-corrected chi connectivity index (χ4v) is 4.61. The molecule has 8 heteroatoms. The molecule has 3 amide bonds. The molecule has 0 aliphatic carbocycles. The Kier molecular flexibility index (Phi) is 7.18. The maximum Gasteiger partial charge on any atom is 0.338 e. The topological polar surface area (TPSA) is 84.0 Å². The molecule has 2 heterocycles. The van der Waals surface area contributed by atoms with Crippen LogP contribution in [0.4, 0.5) is 5.69 Å². The first-order valence-electron chi connectivity index (χ1n) is 11.0. The van der Waals surface area contributed by atoms with Crippen LogP contribution < -0.4 is 4.90 Å². The van der Waals surface area contributed by atoms with Gasteiger partial charge in [-0.25, -0.2) is 9.69 Å². The van der Waals surface area contributed by atoms with Gasteiger partial charge in [-0.3, -0.25) is 14.4 Å². The van der Waals surface area contributed by atoms with Crippen molar-refractivity contribution in [1.29, 1.82) is 0 Å². The zero-order valence-corrected chi connectivity index (χ0v) is 19.5.